The van der Waals surface area contributed by atoms with Crippen LogP contribution in [0.15, 0.2) is 39.8 Å². The topological polar surface area (TPSA) is 73.3 Å². The van der Waals surface area contributed by atoms with Crippen LogP contribution in [0.2, 0.25) is 0 Å². The molecule has 0 saturated heterocycles. The quantitative estimate of drug-likeness (QED) is 0.743. The Balaban J connectivity index is 2.75. The van der Waals surface area contributed by atoms with Gasteiger partial charge in [0.15, 0.2) is 0 Å². The Kier molecular flexibility index (Phi) is 1.64. The lowest BCUT2D eigenvalue weighted by Crippen LogP contribution is -2.11. The summed E-state index contributed by atoms with van der Waals surface area (Å²) in [7, 11) is -3.61. The molecule has 1 heterocycles. The van der Waals surface area contributed by atoms with Crippen molar-refractivity contribution in [3.05, 3.63) is 30.5 Å². The molecule has 4 nitrogen and oxygen atoms in total. The van der Waals surface area contributed by atoms with Gasteiger partial charge in [-0.3, -0.25) is 0 Å². The second kappa shape index (κ2) is 2.58. The fourth-order valence-electron chi connectivity index (χ4n) is 1.12. The molecule has 0 bridgehead atoms. The van der Waals surface area contributed by atoms with Crippen LogP contribution in [0.3, 0.4) is 0 Å². The summed E-state index contributed by atoms with van der Waals surface area (Å²) < 4.78 is 26.9. The summed E-state index contributed by atoms with van der Waals surface area (Å²) in [4.78, 5) is 0.0985. The standard InChI is InChI=1S/C8H7NO3S/c9-13(10,11)7-1-2-8-6(5-7)3-4-12-8/h1-5H,(H2,9,10,11). The molecular weight excluding hydrogens is 190 g/mol. The van der Waals surface area contributed by atoms with Crippen LogP contribution < -0.4 is 5.14 Å². The third kappa shape index (κ3) is 1.43. The molecule has 2 aromatic rings. The molecule has 5 heteroatoms. The average Bonchev–Trinajstić information content (AvgIpc) is 2.47. The first kappa shape index (κ1) is 8.28. The van der Waals surface area contributed by atoms with E-state index in [1.807, 2.05) is 0 Å². The monoisotopic (exact) mass is 197 g/mol. The molecule has 1 aromatic heterocycles. The normalized spacial score (nSPS) is 12.1. The highest BCUT2D eigenvalue weighted by atomic mass is 32.2. The van der Waals surface area contributed by atoms with Crippen LogP contribution in [0.1, 0.15) is 0 Å². The van der Waals surface area contributed by atoms with Crippen molar-refractivity contribution in [1.29, 1.82) is 0 Å². The predicted molar refractivity (Wildman–Crippen MR) is 47.6 cm³/mol. The lowest BCUT2D eigenvalue weighted by Gasteiger charge is -1.96. The minimum absolute atomic E-state index is 0.0985. The van der Waals surface area contributed by atoms with Crippen LogP contribution in [0, 0.1) is 0 Å². The molecule has 13 heavy (non-hydrogen) atoms. The van der Waals surface area contributed by atoms with Crippen LogP contribution in [0.4, 0.5) is 0 Å². The Bertz CT molecular complexity index is 541. The molecule has 0 aliphatic heterocycles. The van der Waals surface area contributed by atoms with Gasteiger partial charge in [-0.15, -0.1) is 0 Å². The van der Waals surface area contributed by atoms with Crippen molar-refractivity contribution in [1.82, 2.24) is 0 Å². The number of nitrogens with two attached hydrogens (primary N) is 1. The zero-order valence-corrected chi connectivity index (χ0v) is 7.41. The number of fused-ring (bicyclic) bond motifs is 1. The van der Waals surface area contributed by atoms with Gasteiger partial charge in [-0.2, -0.15) is 0 Å². The van der Waals surface area contributed by atoms with Gasteiger partial charge in [-0.25, -0.2) is 13.6 Å². The van der Waals surface area contributed by atoms with Crippen LogP contribution in [0.5, 0.6) is 0 Å². The largest absolute Gasteiger partial charge is 0.464 e. The van der Waals surface area contributed by atoms with Crippen LogP contribution in [0.25, 0.3) is 11.0 Å². The minimum atomic E-state index is -3.61. The predicted octanol–water partition coefficient (Wildman–Crippen LogP) is 1.08. The molecule has 0 saturated carbocycles. The fourth-order valence-corrected chi connectivity index (χ4v) is 1.67. The van der Waals surface area contributed by atoms with Gasteiger partial charge >= 0.3 is 0 Å². The van der Waals surface area contributed by atoms with Crippen molar-refractivity contribution in [2.45, 2.75) is 4.90 Å². The van der Waals surface area contributed by atoms with Crippen molar-refractivity contribution >= 4 is 21.0 Å². The number of furan rings is 1. The molecular formula is C8H7NO3S. The maximum Gasteiger partial charge on any atom is 0.238 e. The van der Waals surface area contributed by atoms with Crippen molar-refractivity contribution in [3.63, 3.8) is 0 Å². The molecule has 0 fully saturated rings. The van der Waals surface area contributed by atoms with Gasteiger partial charge in [0.05, 0.1) is 11.2 Å². The Hall–Kier alpha value is -1.33. The Morgan fingerprint density at radius 1 is 1.23 bits per heavy atom. The van der Waals surface area contributed by atoms with E-state index in [0.29, 0.717) is 5.58 Å². The summed E-state index contributed by atoms with van der Waals surface area (Å²) in [5, 5.41) is 5.69. The summed E-state index contributed by atoms with van der Waals surface area (Å²) in [5.74, 6) is 0. The lowest BCUT2D eigenvalue weighted by molar-refractivity contribution is 0.597. The van der Waals surface area contributed by atoms with E-state index in [0.717, 1.165) is 5.39 Å². The van der Waals surface area contributed by atoms with Crippen molar-refractivity contribution in [2.75, 3.05) is 0 Å². The number of sulfonamides is 1. The van der Waals surface area contributed by atoms with E-state index < -0.39 is 10.0 Å². The van der Waals surface area contributed by atoms with Gasteiger partial charge in [0.2, 0.25) is 10.0 Å². The average molecular weight is 197 g/mol. The van der Waals surface area contributed by atoms with Crippen LogP contribution in [-0.4, -0.2) is 8.42 Å². The Morgan fingerprint density at radius 2 is 2.00 bits per heavy atom. The maximum atomic E-state index is 10.9. The van der Waals surface area contributed by atoms with Crippen LogP contribution in [-0.2, 0) is 10.0 Å². The van der Waals surface area contributed by atoms with Gasteiger partial charge < -0.3 is 4.42 Å². The molecule has 0 unspecified atom stereocenters. The van der Waals surface area contributed by atoms with Gasteiger partial charge in [0.1, 0.15) is 5.58 Å². The van der Waals surface area contributed by atoms with E-state index >= 15 is 0 Å². The molecule has 2 rings (SSSR count). The van der Waals surface area contributed by atoms with E-state index in [9.17, 15) is 8.42 Å². The fraction of sp³-hybridized carbons (Fsp3) is 0. The summed E-state index contributed by atoms with van der Waals surface area (Å²) in [5.41, 5.74) is 0.646. The van der Waals surface area contributed by atoms with Gasteiger partial charge in [-0.1, -0.05) is 0 Å². The molecule has 0 aliphatic carbocycles. The molecule has 68 valence electrons. The SMILES string of the molecule is NS(=O)(=O)c1ccc2occc2c1. The lowest BCUT2D eigenvalue weighted by atomic mass is 10.3. The number of hydrogen-bond donors (Lipinski definition) is 1. The Labute approximate surface area is 75.0 Å². The number of hydrogen-bond acceptors (Lipinski definition) is 3. The van der Waals surface area contributed by atoms with Gasteiger partial charge in [0, 0.05) is 5.39 Å². The highest BCUT2D eigenvalue weighted by Gasteiger charge is 2.08. The van der Waals surface area contributed by atoms with Crippen molar-refractivity contribution < 1.29 is 12.8 Å². The zero-order valence-electron chi connectivity index (χ0n) is 6.60. The molecule has 2 N–H and O–H groups in total. The minimum Gasteiger partial charge on any atom is -0.464 e. The first-order valence-corrected chi connectivity index (χ1v) is 5.12. The molecule has 0 spiro atoms. The van der Waals surface area contributed by atoms with E-state index in [1.165, 1.54) is 18.4 Å². The summed E-state index contributed by atoms with van der Waals surface area (Å²) in [6.45, 7) is 0. The van der Waals surface area contributed by atoms with Crippen molar-refractivity contribution in [2.24, 2.45) is 5.14 Å². The highest BCUT2D eigenvalue weighted by molar-refractivity contribution is 7.89. The molecule has 0 atom stereocenters. The second-order valence-electron chi connectivity index (χ2n) is 2.67. The van der Waals surface area contributed by atoms with E-state index in [1.54, 1.807) is 12.1 Å². The van der Waals surface area contributed by atoms with Crippen molar-refractivity contribution in [3.8, 4) is 0 Å². The smallest absolute Gasteiger partial charge is 0.238 e. The maximum absolute atomic E-state index is 10.9. The first-order chi connectivity index (χ1) is 6.07. The third-order valence-corrected chi connectivity index (χ3v) is 2.66. The highest BCUT2D eigenvalue weighted by Crippen LogP contribution is 2.18. The molecule has 1 aromatic carbocycles. The Morgan fingerprint density at radius 3 is 2.69 bits per heavy atom. The van der Waals surface area contributed by atoms with E-state index in [-0.39, 0.29) is 4.90 Å². The van der Waals surface area contributed by atoms with E-state index in [4.69, 9.17) is 9.56 Å². The van der Waals surface area contributed by atoms with Gasteiger partial charge in [0.25, 0.3) is 0 Å². The number of benzene rings is 1. The van der Waals surface area contributed by atoms with Crippen LogP contribution >= 0.6 is 0 Å². The molecule has 0 aliphatic rings. The summed E-state index contributed by atoms with van der Waals surface area (Å²) >= 11 is 0. The number of primary sulfonamides is 1. The van der Waals surface area contributed by atoms with Gasteiger partial charge in [-0.05, 0) is 24.3 Å². The summed E-state index contributed by atoms with van der Waals surface area (Å²) in [6.07, 6.45) is 1.50. The summed E-state index contributed by atoms with van der Waals surface area (Å²) in [6, 6.07) is 6.16. The third-order valence-electron chi connectivity index (χ3n) is 1.75. The second-order valence-corrected chi connectivity index (χ2v) is 4.23. The number of rotatable bonds is 1. The first-order valence-electron chi connectivity index (χ1n) is 3.57. The zero-order chi connectivity index (χ0) is 9.47. The molecule has 0 radical (unpaired) electrons. The molecule has 0 amide bonds. The van der Waals surface area contributed by atoms with E-state index in [2.05, 4.69) is 0 Å².